The van der Waals surface area contributed by atoms with Gasteiger partial charge in [-0.15, -0.1) is 5.10 Å². The number of aromatic nitrogens is 4. The normalized spacial score (nSPS) is 12.5. The van der Waals surface area contributed by atoms with Crippen LogP contribution >= 0.6 is 0 Å². The molecule has 0 amide bonds. The van der Waals surface area contributed by atoms with Crippen molar-refractivity contribution in [2.45, 2.75) is 56.3 Å². The van der Waals surface area contributed by atoms with Crippen molar-refractivity contribution in [1.29, 1.82) is 0 Å². The molecule has 0 spiro atoms. The molecule has 33 heavy (non-hydrogen) atoms. The lowest BCUT2D eigenvalue weighted by Crippen LogP contribution is -2.19. The lowest BCUT2D eigenvalue weighted by Gasteiger charge is -2.17. The van der Waals surface area contributed by atoms with Gasteiger partial charge < -0.3 is 4.98 Å². The molecule has 1 unspecified atom stereocenters. The number of nitrogens with zero attached hydrogens (tertiary/aromatic N) is 2. The molecule has 0 saturated carbocycles. The number of unbranched alkanes of at least 4 members (excludes halogenated alkanes) is 1. The molecule has 0 aliphatic rings. The summed E-state index contributed by atoms with van der Waals surface area (Å²) in [6.07, 6.45) is 6.61. The minimum atomic E-state index is -3.47. The Morgan fingerprint density at radius 1 is 1.09 bits per heavy atom. The van der Waals surface area contributed by atoms with Gasteiger partial charge in [0.25, 0.3) is 5.78 Å². The Labute approximate surface area is 192 Å². The van der Waals surface area contributed by atoms with Crippen LogP contribution in [0.4, 0.5) is 4.39 Å². The van der Waals surface area contributed by atoms with Gasteiger partial charge in [-0.2, -0.15) is 0 Å². The number of halogens is 1. The first-order valence-corrected chi connectivity index (χ1v) is 12.5. The molecule has 176 valence electrons. The fraction of sp³-hybridized carbons (Fsp3) is 0.391. The van der Waals surface area contributed by atoms with Crippen LogP contribution in [0.2, 0.25) is 0 Å². The summed E-state index contributed by atoms with van der Waals surface area (Å²) in [5.41, 5.74) is 1.65. The molecule has 2 heterocycles. The van der Waals surface area contributed by atoms with Crippen LogP contribution < -0.4 is 0 Å². The zero-order chi connectivity index (χ0) is 23.8. The molecular weight excluding hydrogens is 447 g/mol. The van der Waals surface area contributed by atoms with Crippen LogP contribution in [0.1, 0.15) is 66.8 Å². The summed E-state index contributed by atoms with van der Waals surface area (Å²) in [4.78, 5) is 31.7. The standard InChI is InChI=1S/C23H27FN4O4S/c1-2-5-16(6-3-4-13-33(31,32)19-9-7-18(24)8-10-19)21-17(11-12-25-21)14-20(29)22(30)23-26-15-27-28-23/h7-12,15-16,25H,2-6,13-14H2,1H3,(H,26,27,28). The van der Waals surface area contributed by atoms with E-state index in [2.05, 4.69) is 27.1 Å². The summed E-state index contributed by atoms with van der Waals surface area (Å²) in [7, 11) is -3.47. The molecular formula is C23H27FN4O4S. The van der Waals surface area contributed by atoms with Crippen molar-refractivity contribution in [2.75, 3.05) is 5.75 Å². The Bertz CT molecular complexity index is 1170. The summed E-state index contributed by atoms with van der Waals surface area (Å²) in [5.74, 6) is -1.85. The van der Waals surface area contributed by atoms with E-state index in [9.17, 15) is 22.4 Å². The Morgan fingerprint density at radius 3 is 2.52 bits per heavy atom. The van der Waals surface area contributed by atoms with Gasteiger partial charge in [-0.25, -0.2) is 17.8 Å². The largest absolute Gasteiger partial charge is 0.365 e. The van der Waals surface area contributed by atoms with Gasteiger partial charge in [0.1, 0.15) is 12.1 Å². The molecule has 0 radical (unpaired) electrons. The quantitative estimate of drug-likeness (QED) is 0.168. The van der Waals surface area contributed by atoms with Gasteiger partial charge in [-0.1, -0.05) is 19.8 Å². The van der Waals surface area contributed by atoms with Crippen molar-refractivity contribution in [3.63, 3.8) is 0 Å². The van der Waals surface area contributed by atoms with Crippen LogP contribution in [0.5, 0.6) is 0 Å². The molecule has 3 rings (SSSR count). The van der Waals surface area contributed by atoms with Crippen molar-refractivity contribution < 1.29 is 22.4 Å². The summed E-state index contributed by atoms with van der Waals surface area (Å²) in [6.45, 7) is 2.06. The topological polar surface area (TPSA) is 126 Å². The third-order valence-corrected chi connectivity index (χ3v) is 7.34. The van der Waals surface area contributed by atoms with Gasteiger partial charge in [0.15, 0.2) is 9.84 Å². The van der Waals surface area contributed by atoms with Crippen molar-refractivity contribution in [3.8, 4) is 0 Å². The zero-order valence-corrected chi connectivity index (χ0v) is 19.2. The lowest BCUT2D eigenvalue weighted by molar-refractivity contribution is -0.114. The van der Waals surface area contributed by atoms with Crippen molar-refractivity contribution in [3.05, 3.63) is 65.8 Å². The summed E-state index contributed by atoms with van der Waals surface area (Å²) in [6, 6.07) is 6.65. The molecule has 0 saturated heterocycles. The molecule has 1 atom stereocenters. The number of benzene rings is 1. The second-order valence-electron chi connectivity index (χ2n) is 7.92. The number of Topliss-reactive ketones (excluding diaryl/α,β-unsaturated/α-hetero) is 2. The molecule has 0 aliphatic heterocycles. The van der Waals surface area contributed by atoms with E-state index in [1.807, 2.05) is 0 Å². The Hall–Kier alpha value is -3.14. The second kappa shape index (κ2) is 11.1. The summed E-state index contributed by atoms with van der Waals surface area (Å²) < 4.78 is 38.0. The van der Waals surface area contributed by atoms with Crippen LogP contribution in [0.15, 0.2) is 47.8 Å². The lowest BCUT2D eigenvalue weighted by atomic mass is 9.90. The smallest absolute Gasteiger partial charge is 0.267 e. The number of hydrogen-bond donors (Lipinski definition) is 2. The molecule has 2 aromatic heterocycles. The van der Waals surface area contributed by atoms with Crippen molar-refractivity contribution in [1.82, 2.24) is 20.2 Å². The van der Waals surface area contributed by atoms with Gasteiger partial charge in [0, 0.05) is 18.3 Å². The number of ketones is 2. The Balaban J connectivity index is 1.59. The van der Waals surface area contributed by atoms with E-state index in [1.165, 1.54) is 18.5 Å². The van der Waals surface area contributed by atoms with Gasteiger partial charge in [-0.3, -0.25) is 14.7 Å². The van der Waals surface area contributed by atoms with Gasteiger partial charge in [0.05, 0.1) is 10.6 Å². The molecule has 3 aromatic rings. The first-order valence-electron chi connectivity index (χ1n) is 10.9. The summed E-state index contributed by atoms with van der Waals surface area (Å²) >= 11 is 0. The molecule has 0 fully saturated rings. The average molecular weight is 475 g/mol. The third-order valence-electron chi connectivity index (χ3n) is 5.53. The number of hydrogen-bond acceptors (Lipinski definition) is 6. The second-order valence-corrected chi connectivity index (χ2v) is 10.0. The van der Waals surface area contributed by atoms with Gasteiger partial charge in [0.2, 0.25) is 11.6 Å². The van der Waals surface area contributed by atoms with Gasteiger partial charge >= 0.3 is 0 Å². The highest BCUT2D eigenvalue weighted by Gasteiger charge is 2.24. The average Bonchev–Trinajstić information content (AvgIpc) is 3.48. The van der Waals surface area contributed by atoms with E-state index < -0.39 is 27.2 Å². The van der Waals surface area contributed by atoms with Crippen molar-refractivity contribution in [2.24, 2.45) is 0 Å². The Kier molecular flexibility index (Phi) is 8.26. The number of nitrogens with one attached hydrogen (secondary N) is 2. The number of H-pyrrole nitrogens is 2. The maximum absolute atomic E-state index is 13.1. The predicted octanol–water partition coefficient (Wildman–Crippen LogP) is 3.79. The highest BCUT2D eigenvalue weighted by atomic mass is 32.2. The number of aromatic amines is 2. The Morgan fingerprint density at radius 2 is 1.85 bits per heavy atom. The number of rotatable bonds is 13. The highest BCUT2D eigenvalue weighted by Crippen LogP contribution is 2.29. The zero-order valence-electron chi connectivity index (χ0n) is 18.4. The van der Waals surface area contributed by atoms with Crippen LogP contribution in [0.25, 0.3) is 0 Å². The molecule has 0 aliphatic carbocycles. The van der Waals surface area contributed by atoms with Crippen LogP contribution in [0, 0.1) is 5.82 Å². The van der Waals surface area contributed by atoms with E-state index in [0.717, 1.165) is 42.7 Å². The SMILES string of the molecule is CCCC(CCCCS(=O)(=O)c1ccc(F)cc1)c1[nH]ccc1CC(=O)C(=O)c1nc[nH]n1. The first kappa shape index (κ1) is 24.5. The van der Waals surface area contributed by atoms with E-state index >= 15 is 0 Å². The van der Waals surface area contributed by atoms with E-state index in [0.29, 0.717) is 12.8 Å². The number of sulfone groups is 1. The first-order chi connectivity index (χ1) is 15.8. The fourth-order valence-corrected chi connectivity index (χ4v) is 5.24. The maximum atomic E-state index is 13.1. The molecule has 0 bridgehead atoms. The highest BCUT2D eigenvalue weighted by molar-refractivity contribution is 7.91. The van der Waals surface area contributed by atoms with Gasteiger partial charge in [-0.05, 0) is 61.1 Å². The molecule has 1 aromatic carbocycles. The van der Waals surface area contributed by atoms with E-state index in [-0.39, 0.29) is 28.8 Å². The summed E-state index contributed by atoms with van der Waals surface area (Å²) in [5, 5.41) is 6.09. The molecule has 10 heteroatoms. The van der Waals surface area contributed by atoms with Crippen LogP contribution in [0.3, 0.4) is 0 Å². The van der Waals surface area contributed by atoms with E-state index in [4.69, 9.17) is 0 Å². The number of carbonyl (C=O) groups excluding carboxylic acids is 2. The minimum Gasteiger partial charge on any atom is -0.365 e. The minimum absolute atomic E-state index is 0.0152. The maximum Gasteiger partial charge on any atom is 0.267 e. The van der Waals surface area contributed by atoms with Crippen molar-refractivity contribution >= 4 is 21.4 Å². The van der Waals surface area contributed by atoms with E-state index in [1.54, 1.807) is 12.3 Å². The van der Waals surface area contributed by atoms with Crippen LogP contribution in [-0.2, 0) is 21.1 Å². The molecule has 2 N–H and O–H groups in total. The van der Waals surface area contributed by atoms with Crippen LogP contribution in [-0.4, -0.2) is 45.9 Å². The predicted molar refractivity (Wildman–Crippen MR) is 120 cm³/mol. The monoisotopic (exact) mass is 474 g/mol. The molecule has 8 nitrogen and oxygen atoms in total. The number of carbonyl (C=O) groups is 2. The third kappa shape index (κ3) is 6.44. The fourth-order valence-electron chi connectivity index (χ4n) is 3.87.